The van der Waals surface area contributed by atoms with E-state index in [0.29, 0.717) is 0 Å². The fourth-order valence-corrected chi connectivity index (χ4v) is 2.47. The van der Waals surface area contributed by atoms with Gasteiger partial charge in [-0.1, -0.05) is 38.6 Å². The maximum atomic E-state index is 5.76. The lowest BCUT2D eigenvalue weighted by molar-refractivity contribution is 0.259. The molecule has 0 saturated carbocycles. The molecule has 0 amide bonds. The summed E-state index contributed by atoms with van der Waals surface area (Å²) in [5, 5.41) is 0. The van der Waals surface area contributed by atoms with Gasteiger partial charge in [-0.05, 0) is 69.4 Å². The van der Waals surface area contributed by atoms with Gasteiger partial charge in [0.15, 0.2) is 0 Å². The molecular formula is C19H31NO. The third-order valence-electron chi connectivity index (χ3n) is 3.58. The minimum atomic E-state index is 0.814. The van der Waals surface area contributed by atoms with Gasteiger partial charge in [-0.15, -0.1) is 0 Å². The van der Waals surface area contributed by atoms with Crippen LogP contribution in [0, 0.1) is 0 Å². The highest BCUT2D eigenvalue weighted by molar-refractivity contribution is 5.48. The minimum Gasteiger partial charge on any atom is -0.494 e. The molecule has 0 aliphatic rings. The van der Waals surface area contributed by atoms with Crippen LogP contribution in [0.5, 0.6) is 5.75 Å². The summed E-state index contributed by atoms with van der Waals surface area (Å²) in [5.74, 6) is 0.958. The number of unbranched alkanes of at least 4 members (excludes halogenated alkanes) is 2. The topological polar surface area (TPSA) is 12.5 Å². The van der Waals surface area contributed by atoms with Crippen molar-refractivity contribution < 1.29 is 4.74 Å². The molecule has 0 aliphatic carbocycles. The van der Waals surface area contributed by atoms with Crippen LogP contribution in [-0.2, 0) is 0 Å². The van der Waals surface area contributed by atoms with Crippen LogP contribution in [0.3, 0.4) is 0 Å². The quantitative estimate of drug-likeness (QED) is 0.502. The molecule has 0 aliphatic heterocycles. The third-order valence-corrected chi connectivity index (χ3v) is 3.58. The Hall–Kier alpha value is -1.28. The molecule has 118 valence electrons. The molecule has 2 nitrogen and oxygen atoms in total. The number of benzene rings is 1. The maximum Gasteiger partial charge on any atom is 0.119 e. The highest BCUT2D eigenvalue weighted by Crippen LogP contribution is 2.13. The van der Waals surface area contributed by atoms with Crippen LogP contribution >= 0.6 is 0 Å². The molecule has 0 fully saturated rings. The summed E-state index contributed by atoms with van der Waals surface area (Å²) in [4.78, 5) is 2.58. The molecule has 1 aromatic rings. The summed E-state index contributed by atoms with van der Waals surface area (Å²) >= 11 is 0. The summed E-state index contributed by atoms with van der Waals surface area (Å²) in [5.41, 5.74) is 1.13. The number of ether oxygens (including phenoxy) is 1. The van der Waals surface area contributed by atoms with Crippen LogP contribution < -0.4 is 4.74 Å². The summed E-state index contributed by atoms with van der Waals surface area (Å²) in [6.45, 7) is 12.8. The van der Waals surface area contributed by atoms with Crippen molar-refractivity contribution in [2.75, 3.05) is 26.2 Å². The van der Waals surface area contributed by atoms with Gasteiger partial charge >= 0.3 is 0 Å². The van der Waals surface area contributed by atoms with Gasteiger partial charge < -0.3 is 9.64 Å². The fourth-order valence-electron chi connectivity index (χ4n) is 2.47. The number of nitrogens with zero attached hydrogens (tertiary/aromatic N) is 1. The molecule has 0 bridgehead atoms. The molecule has 0 atom stereocenters. The van der Waals surface area contributed by atoms with Crippen molar-refractivity contribution in [2.24, 2.45) is 0 Å². The first kappa shape index (κ1) is 17.8. The number of hydrogen-bond acceptors (Lipinski definition) is 2. The van der Waals surface area contributed by atoms with E-state index in [1.807, 2.05) is 30.3 Å². The van der Waals surface area contributed by atoms with Crippen LogP contribution in [0.4, 0.5) is 0 Å². The van der Waals surface area contributed by atoms with Gasteiger partial charge in [0.2, 0.25) is 0 Å². The van der Waals surface area contributed by atoms with E-state index in [-0.39, 0.29) is 0 Å². The Morgan fingerprint density at radius 3 is 2.19 bits per heavy atom. The highest BCUT2D eigenvalue weighted by Gasteiger charge is 2.01. The lowest BCUT2D eigenvalue weighted by Gasteiger charge is -2.20. The Bertz CT molecular complexity index is 366. The average Bonchev–Trinajstić information content (AvgIpc) is 2.51. The Balaban J connectivity index is 2.09. The highest BCUT2D eigenvalue weighted by atomic mass is 16.5. The minimum absolute atomic E-state index is 0.814. The van der Waals surface area contributed by atoms with Crippen molar-refractivity contribution in [3.8, 4) is 5.75 Å². The molecule has 0 heterocycles. The van der Waals surface area contributed by atoms with E-state index < -0.39 is 0 Å². The molecule has 0 unspecified atom stereocenters. The zero-order valence-corrected chi connectivity index (χ0v) is 13.8. The van der Waals surface area contributed by atoms with Crippen LogP contribution in [0.25, 0.3) is 6.08 Å². The van der Waals surface area contributed by atoms with Crippen LogP contribution in [-0.4, -0.2) is 31.1 Å². The van der Waals surface area contributed by atoms with Crippen LogP contribution in [0.1, 0.15) is 51.5 Å². The van der Waals surface area contributed by atoms with Gasteiger partial charge in [-0.2, -0.15) is 0 Å². The van der Waals surface area contributed by atoms with E-state index in [9.17, 15) is 0 Å². The standard InChI is InChI=1S/C19H31NO/c1-4-14-20(15-5-2)16-8-7-9-17-21-19-12-10-18(6-3)11-13-19/h6,10-13H,3-5,7-9,14-17H2,1-2H3. The van der Waals surface area contributed by atoms with E-state index in [1.54, 1.807) is 0 Å². The molecule has 0 N–H and O–H groups in total. The van der Waals surface area contributed by atoms with Crippen molar-refractivity contribution in [1.29, 1.82) is 0 Å². The van der Waals surface area contributed by atoms with Crippen molar-refractivity contribution in [3.05, 3.63) is 36.4 Å². The molecule has 1 rings (SSSR count). The second kappa shape index (κ2) is 11.4. The maximum absolute atomic E-state index is 5.76. The Kier molecular flexibility index (Phi) is 9.64. The molecule has 21 heavy (non-hydrogen) atoms. The zero-order chi connectivity index (χ0) is 15.3. The predicted molar refractivity (Wildman–Crippen MR) is 92.9 cm³/mol. The van der Waals surface area contributed by atoms with Gasteiger partial charge in [-0.3, -0.25) is 0 Å². The monoisotopic (exact) mass is 289 g/mol. The normalized spacial score (nSPS) is 10.8. The first-order valence-corrected chi connectivity index (χ1v) is 8.37. The smallest absolute Gasteiger partial charge is 0.119 e. The Morgan fingerprint density at radius 1 is 0.952 bits per heavy atom. The molecule has 0 aromatic heterocycles. The second-order valence-electron chi connectivity index (χ2n) is 5.52. The van der Waals surface area contributed by atoms with Crippen LogP contribution in [0.2, 0.25) is 0 Å². The third kappa shape index (κ3) is 7.91. The second-order valence-corrected chi connectivity index (χ2v) is 5.52. The zero-order valence-electron chi connectivity index (χ0n) is 13.8. The van der Waals surface area contributed by atoms with E-state index in [1.165, 1.54) is 45.3 Å². The van der Waals surface area contributed by atoms with Gasteiger partial charge in [0.05, 0.1) is 6.61 Å². The first-order valence-electron chi connectivity index (χ1n) is 8.37. The Morgan fingerprint density at radius 2 is 1.62 bits per heavy atom. The van der Waals surface area contributed by atoms with Crippen molar-refractivity contribution >= 4 is 6.08 Å². The van der Waals surface area contributed by atoms with Gasteiger partial charge in [-0.25, -0.2) is 0 Å². The van der Waals surface area contributed by atoms with E-state index in [4.69, 9.17) is 4.74 Å². The molecule has 0 saturated heterocycles. The number of rotatable bonds is 12. The summed E-state index contributed by atoms with van der Waals surface area (Å²) in [6.07, 6.45) is 8.01. The van der Waals surface area contributed by atoms with Gasteiger partial charge in [0, 0.05) is 0 Å². The van der Waals surface area contributed by atoms with Crippen molar-refractivity contribution in [3.63, 3.8) is 0 Å². The van der Waals surface area contributed by atoms with E-state index in [2.05, 4.69) is 25.3 Å². The summed E-state index contributed by atoms with van der Waals surface area (Å²) < 4.78 is 5.76. The summed E-state index contributed by atoms with van der Waals surface area (Å²) in [6, 6.07) is 8.11. The molecule has 1 aromatic carbocycles. The van der Waals surface area contributed by atoms with Gasteiger partial charge in [0.25, 0.3) is 0 Å². The van der Waals surface area contributed by atoms with E-state index in [0.717, 1.165) is 24.3 Å². The lowest BCUT2D eigenvalue weighted by Crippen LogP contribution is -2.26. The van der Waals surface area contributed by atoms with Crippen molar-refractivity contribution in [2.45, 2.75) is 46.0 Å². The van der Waals surface area contributed by atoms with E-state index >= 15 is 0 Å². The summed E-state index contributed by atoms with van der Waals surface area (Å²) in [7, 11) is 0. The van der Waals surface area contributed by atoms with Crippen LogP contribution in [0.15, 0.2) is 30.8 Å². The SMILES string of the molecule is C=Cc1ccc(OCCCCCN(CCC)CCC)cc1. The molecule has 2 heteroatoms. The lowest BCUT2D eigenvalue weighted by atomic mass is 10.2. The molecule has 0 radical (unpaired) electrons. The average molecular weight is 289 g/mol. The molecule has 0 spiro atoms. The Labute approximate surface area is 130 Å². The number of hydrogen-bond donors (Lipinski definition) is 0. The van der Waals surface area contributed by atoms with Crippen molar-refractivity contribution in [1.82, 2.24) is 4.90 Å². The largest absolute Gasteiger partial charge is 0.494 e. The predicted octanol–water partition coefficient (Wildman–Crippen LogP) is 5.00. The molecular weight excluding hydrogens is 258 g/mol. The first-order chi connectivity index (χ1) is 10.3. The van der Waals surface area contributed by atoms with Gasteiger partial charge in [0.1, 0.15) is 5.75 Å². The fraction of sp³-hybridized carbons (Fsp3) is 0.579.